The van der Waals surface area contributed by atoms with Crippen LogP contribution in [0, 0.1) is 0 Å². The van der Waals surface area contributed by atoms with Crippen LogP contribution in [0.15, 0.2) is 35.4 Å². The number of allylic oxidation sites excluding steroid dienone is 4. The molecule has 1 nitrogen and oxygen atoms in total. The summed E-state index contributed by atoms with van der Waals surface area (Å²) < 4.78 is 0. The van der Waals surface area contributed by atoms with E-state index in [1.54, 1.807) is 0 Å². The summed E-state index contributed by atoms with van der Waals surface area (Å²) in [6, 6.07) is 0. The van der Waals surface area contributed by atoms with Gasteiger partial charge in [0.05, 0.1) is 0 Å². The quantitative estimate of drug-likeness (QED) is 0.477. The van der Waals surface area contributed by atoms with Crippen LogP contribution in [-0.2, 0) is 0 Å². The zero-order valence-electron chi connectivity index (χ0n) is 19.4. The van der Waals surface area contributed by atoms with E-state index in [-0.39, 0.29) is 15.8 Å². The summed E-state index contributed by atoms with van der Waals surface area (Å²) in [5, 5.41) is 5.09. The zero-order chi connectivity index (χ0) is 20.6. The molecule has 0 aromatic rings. The molecule has 0 fully saturated rings. The van der Waals surface area contributed by atoms with Crippen LogP contribution in [0.4, 0.5) is 0 Å². The van der Waals surface area contributed by atoms with Gasteiger partial charge in [-0.2, -0.15) is 0 Å². The predicted molar refractivity (Wildman–Crippen MR) is 126 cm³/mol. The molecule has 0 amide bonds. The van der Waals surface area contributed by atoms with E-state index in [9.17, 15) is 0 Å². The van der Waals surface area contributed by atoms with Crippen molar-refractivity contribution < 1.29 is 0 Å². The Morgan fingerprint density at radius 3 is 1.62 bits per heavy atom. The fraction of sp³-hybridized carbons (Fsp3) is 0.739. The molecule has 0 aromatic carbocycles. The first-order chi connectivity index (χ1) is 11.4. The molecule has 0 radical (unpaired) electrons. The topological polar surface area (TPSA) is 12.0 Å². The minimum atomic E-state index is -0.248. The molecule has 150 valence electrons. The van der Waals surface area contributed by atoms with Gasteiger partial charge in [-0.05, 0) is 38.6 Å². The van der Waals surface area contributed by atoms with Gasteiger partial charge >= 0.3 is 0 Å². The van der Waals surface area contributed by atoms with E-state index in [0.717, 1.165) is 6.16 Å². The van der Waals surface area contributed by atoms with Gasteiger partial charge in [0.25, 0.3) is 0 Å². The average molecular weight is 396 g/mol. The molecule has 0 unspecified atom stereocenters. The molecule has 0 bridgehead atoms. The third-order valence-electron chi connectivity index (χ3n) is 4.54. The molecule has 3 heteroatoms. The highest BCUT2D eigenvalue weighted by molar-refractivity contribution is 7.64. The lowest BCUT2D eigenvalue weighted by atomic mass is 10.2. The van der Waals surface area contributed by atoms with E-state index in [0.29, 0.717) is 20.6 Å². The normalized spacial score (nSPS) is 18.5. The van der Waals surface area contributed by atoms with Gasteiger partial charge in [-0.3, -0.25) is 0 Å². The minimum absolute atomic E-state index is 0.137. The molecule has 0 aromatic heterocycles. The maximum absolute atomic E-state index is 3.77. The Balaban J connectivity index is 3.06. The second kappa shape index (κ2) is 8.09. The van der Waals surface area contributed by atoms with Crippen LogP contribution in [-0.4, -0.2) is 26.8 Å². The standard InChI is InChI=1S/C23H43NP2/c1-20(2,3)25(21(4,5)6)16-18-14-13-15-19(24-18)17-26(22(7,8)9)23(10,11)12/h13-16,24H,17H2,1-12H3/b18-16+. The number of hydrogen-bond acceptors (Lipinski definition) is 1. The van der Waals surface area contributed by atoms with Crippen molar-refractivity contribution in [3.63, 3.8) is 0 Å². The van der Waals surface area contributed by atoms with Crippen LogP contribution in [0.5, 0.6) is 0 Å². The molecule has 1 N–H and O–H groups in total. The van der Waals surface area contributed by atoms with Crippen LogP contribution in [0.3, 0.4) is 0 Å². The van der Waals surface area contributed by atoms with Gasteiger partial charge in [-0.25, -0.2) is 0 Å². The molecule has 0 saturated carbocycles. The highest BCUT2D eigenvalue weighted by Gasteiger charge is 2.35. The molecule has 0 aliphatic carbocycles. The van der Waals surface area contributed by atoms with Gasteiger partial charge in [0.15, 0.2) is 0 Å². The van der Waals surface area contributed by atoms with Gasteiger partial charge in [-0.1, -0.05) is 105 Å². The number of dihydropyridines is 1. The lowest BCUT2D eigenvalue weighted by Gasteiger charge is -2.42. The summed E-state index contributed by atoms with van der Waals surface area (Å²) in [6.45, 7) is 28.7. The smallest absolute Gasteiger partial charge is 0.0387 e. The fourth-order valence-corrected chi connectivity index (χ4v) is 10.6. The second-order valence-electron chi connectivity index (χ2n) is 11.4. The summed E-state index contributed by atoms with van der Waals surface area (Å²) in [5.41, 5.74) is 2.67. The van der Waals surface area contributed by atoms with Gasteiger partial charge < -0.3 is 5.32 Å². The molecule has 0 saturated heterocycles. The van der Waals surface area contributed by atoms with Crippen LogP contribution >= 0.6 is 15.8 Å². The van der Waals surface area contributed by atoms with E-state index in [2.05, 4.69) is 112 Å². The Hall–Kier alpha value is -0.120. The third-order valence-corrected chi connectivity index (χ3v) is 11.9. The van der Waals surface area contributed by atoms with E-state index in [4.69, 9.17) is 0 Å². The van der Waals surface area contributed by atoms with Gasteiger partial charge in [0, 0.05) is 17.6 Å². The van der Waals surface area contributed by atoms with Crippen LogP contribution < -0.4 is 5.32 Å². The van der Waals surface area contributed by atoms with Crippen LogP contribution in [0.25, 0.3) is 0 Å². The molecule has 1 rings (SSSR count). The summed E-state index contributed by atoms with van der Waals surface area (Å²) in [7, 11) is -0.385. The Morgan fingerprint density at radius 1 is 0.769 bits per heavy atom. The maximum Gasteiger partial charge on any atom is 0.0387 e. The lowest BCUT2D eigenvalue weighted by Crippen LogP contribution is -2.30. The summed E-state index contributed by atoms with van der Waals surface area (Å²) in [4.78, 5) is 0. The van der Waals surface area contributed by atoms with Gasteiger partial charge in [-0.15, -0.1) is 0 Å². The van der Waals surface area contributed by atoms with Crippen molar-refractivity contribution in [1.29, 1.82) is 0 Å². The van der Waals surface area contributed by atoms with Crippen LogP contribution in [0.1, 0.15) is 83.1 Å². The van der Waals surface area contributed by atoms with Crippen molar-refractivity contribution in [2.75, 3.05) is 6.16 Å². The Bertz CT molecular complexity index is 541. The molecule has 0 atom stereocenters. The average Bonchev–Trinajstić information content (AvgIpc) is 2.37. The number of rotatable bonds is 3. The first kappa shape index (κ1) is 23.9. The maximum atomic E-state index is 3.77. The highest BCUT2D eigenvalue weighted by Crippen LogP contribution is 2.61. The number of nitrogens with one attached hydrogen (secondary N) is 1. The monoisotopic (exact) mass is 395 g/mol. The Morgan fingerprint density at radius 2 is 1.23 bits per heavy atom. The van der Waals surface area contributed by atoms with Crippen molar-refractivity contribution in [3.05, 3.63) is 35.4 Å². The van der Waals surface area contributed by atoms with E-state index < -0.39 is 0 Å². The molecule has 26 heavy (non-hydrogen) atoms. The third kappa shape index (κ3) is 7.13. The van der Waals surface area contributed by atoms with Crippen molar-refractivity contribution in [2.45, 2.75) is 104 Å². The van der Waals surface area contributed by atoms with Crippen molar-refractivity contribution in [1.82, 2.24) is 5.32 Å². The molecular formula is C23H43NP2. The van der Waals surface area contributed by atoms with E-state index >= 15 is 0 Å². The first-order valence-electron chi connectivity index (χ1n) is 9.86. The molecule has 1 aliphatic rings. The second-order valence-corrected chi connectivity index (χ2v) is 18.9. The summed E-state index contributed by atoms with van der Waals surface area (Å²) in [5.74, 6) is 2.52. The molecule has 0 spiro atoms. The van der Waals surface area contributed by atoms with Crippen molar-refractivity contribution in [3.8, 4) is 0 Å². The summed E-state index contributed by atoms with van der Waals surface area (Å²) >= 11 is 0. The largest absolute Gasteiger partial charge is 0.359 e. The Labute approximate surface area is 166 Å². The Kier molecular flexibility index (Phi) is 7.44. The van der Waals surface area contributed by atoms with E-state index in [1.807, 2.05) is 0 Å². The highest BCUT2D eigenvalue weighted by atomic mass is 31.1. The van der Waals surface area contributed by atoms with Crippen molar-refractivity contribution >= 4 is 15.8 Å². The molecular weight excluding hydrogens is 352 g/mol. The molecule has 1 heterocycles. The predicted octanol–water partition coefficient (Wildman–Crippen LogP) is 8.03. The van der Waals surface area contributed by atoms with Gasteiger partial charge in [0.1, 0.15) is 0 Å². The number of hydrogen-bond donors (Lipinski definition) is 1. The van der Waals surface area contributed by atoms with Gasteiger partial charge in [0.2, 0.25) is 0 Å². The summed E-state index contributed by atoms with van der Waals surface area (Å²) in [6.07, 6.45) is 7.91. The SMILES string of the molecule is CC(C)(C)P(/C=C1\C=CC=C(CP(C(C)(C)C)C(C)(C)C)N1)C(C)(C)C. The minimum Gasteiger partial charge on any atom is -0.359 e. The fourth-order valence-electron chi connectivity index (χ4n) is 3.89. The molecule has 1 aliphatic heterocycles. The van der Waals surface area contributed by atoms with Crippen molar-refractivity contribution in [2.24, 2.45) is 0 Å². The first-order valence-corrected chi connectivity index (χ1v) is 12.8. The van der Waals surface area contributed by atoms with Crippen LogP contribution in [0.2, 0.25) is 0 Å². The lowest BCUT2D eigenvalue weighted by molar-refractivity contribution is 0.704. The zero-order valence-corrected chi connectivity index (χ0v) is 21.2. The van der Waals surface area contributed by atoms with E-state index in [1.165, 1.54) is 11.4 Å².